The van der Waals surface area contributed by atoms with Crippen molar-refractivity contribution in [2.75, 3.05) is 0 Å². The van der Waals surface area contributed by atoms with E-state index in [4.69, 9.17) is 0 Å². The van der Waals surface area contributed by atoms with E-state index in [9.17, 15) is 4.79 Å². The summed E-state index contributed by atoms with van der Waals surface area (Å²) in [5.41, 5.74) is 1.38. The van der Waals surface area contributed by atoms with Crippen LogP contribution in [0.15, 0.2) is 30.3 Å². The minimum Gasteiger partial charge on any atom is -0.303 e. The first kappa shape index (κ1) is 9.14. The lowest BCUT2D eigenvalue weighted by molar-refractivity contribution is -0.112. The molecule has 1 nitrogen and oxygen atoms in total. The third-order valence-corrected chi connectivity index (χ3v) is 4.32. The lowest BCUT2D eigenvalue weighted by atomic mass is 9.76. The minimum atomic E-state index is 0.297. The van der Waals surface area contributed by atoms with Gasteiger partial charge in [0.1, 0.15) is 6.29 Å². The molecule has 0 amide bonds. The van der Waals surface area contributed by atoms with E-state index in [1.54, 1.807) is 0 Å². The second-order valence-corrected chi connectivity index (χ2v) is 4.98. The Morgan fingerprint density at radius 2 is 1.80 bits per heavy atom. The maximum Gasteiger partial charge on any atom is 0.123 e. The number of rotatable bonds is 2. The molecule has 3 rings (SSSR count). The summed E-state index contributed by atoms with van der Waals surface area (Å²) in [5.74, 6) is 2.26. The summed E-state index contributed by atoms with van der Waals surface area (Å²) in [7, 11) is 0. The smallest absolute Gasteiger partial charge is 0.123 e. The van der Waals surface area contributed by atoms with Gasteiger partial charge < -0.3 is 4.79 Å². The van der Waals surface area contributed by atoms with Crippen molar-refractivity contribution in [3.05, 3.63) is 35.9 Å². The van der Waals surface area contributed by atoms with Gasteiger partial charge in [-0.1, -0.05) is 30.3 Å². The minimum absolute atomic E-state index is 0.297. The van der Waals surface area contributed by atoms with Crippen molar-refractivity contribution in [3.8, 4) is 0 Å². The standard InChI is InChI=1S/C14H16O/c15-9-13-11-6-7-12(8-11)14(13)10-4-2-1-3-5-10/h1-5,9,11-14H,6-8H2/t11-,12+,13-,14-/m1/s1. The molecule has 2 aliphatic rings. The van der Waals surface area contributed by atoms with Crippen LogP contribution in [0.1, 0.15) is 30.7 Å². The van der Waals surface area contributed by atoms with Crippen LogP contribution in [-0.2, 0) is 4.79 Å². The van der Waals surface area contributed by atoms with Gasteiger partial charge in [-0.3, -0.25) is 0 Å². The van der Waals surface area contributed by atoms with E-state index in [1.807, 2.05) is 6.07 Å². The first-order valence-corrected chi connectivity index (χ1v) is 5.90. The van der Waals surface area contributed by atoms with Gasteiger partial charge in [0, 0.05) is 5.92 Å². The highest BCUT2D eigenvalue weighted by molar-refractivity contribution is 5.58. The van der Waals surface area contributed by atoms with Gasteiger partial charge in [0.2, 0.25) is 0 Å². The van der Waals surface area contributed by atoms with Crippen molar-refractivity contribution < 1.29 is 4.79 Å². The number of benzene rings is 1. The predicted octanol–water partition coefficient (Wildman–Crippen LogP) is 3.02. The van der Waals surface area contributed by atoms with Crippen LogP contribution in [0.2, 0.25) is 0 Å². The molecule has 0 heterocycles. The molecule has 78 valence electrons. The van der Waals surface area contributed by atoms with E-state index in [0.29, 0.717) is 17.8 Å². The number of carbonyl (C=O) groups excluding carboxylic acids is 1. The van der Waals surface area contributed by atoms with Gasteiger partial charge in [-0.15, -0.1) is 0 Å². The van der Waals surface area contributed by atoms with Crippen LogP contribution in [0.3, 0.4) is 0 Å². The molecule has 0 spiro atoms. The van der Waals surface area contributed by atoms with Gasteiger partial charge in [0.25, 0.3) is 0 Å². The molecule has 0 aliphatic heterocycles. The first-order chi connectivity index (χ1) is 7.40. The lowest BCUT2D eigenvalue weighted by Gasteiger charge is -2.27. The molecule has 4 atom stereocenters. The summed E-state index contributed by atoms with van der Waals surface area (Å²) in [5, 5.41) is 0. The van der Waals surface area contributed by atoms with Crippen molar-refractivity contribution in [1.29, 1.82) is 0 Å². The molecule has 15 heavy (non-hydrogen) atoms. The number of carbonyl (C=O) groups is 1. The van der Waals surface area contributed by atoms with E-state index in [2.05, 4.69) is 24.3 Å². The Hall–Kier alpha value is -1.11. The topological polar surface area (TPSA) is 17.1 Å². The fourth-order valence-corrected chi connectivity index (χ4v) is 3.70. The van der Waals surface area contributed by atoms with Crippen LogP contribution < -0.4 is 0 Å². The first-order valence-electron chi connectivity index (χ1n) is 5.90. The molecule has 0 unspecified atom stereocenters. The summed E-state index contributed by atoms with van der Waals surface area (Å²) in [6, 6.07) is 10.6. The van der Waals surface area contributed by atoms with Crippen LogP contribution in [0.5, 0.6) is 0 Å². The highest BCUT2D eigenvalue weighted by atomic mass is 16.1. The fraction of sp³-hybridized carbons (Fsp3) is 0.500. The summed E-state index contributed by atoms with van der Waals surface area (Å²) >= 11 is 0. The van der Waals surface area contributed by atoms with Crippen molar-refractivity contribution in [2.45, 2.75) is 25.2 Å². The van der Waals surface area contributed by atoms with Gasteiger partial charge in [-0.2, -0.15) is 0 Å². The normalized spacial score (nSPS) is 38.1. The number of aldehydes is 1. The number of hydrogen-bond acceptors (Lipinski definition) is 1. The van der Waals surface area contributed by atoms with Gasteiger partial charge in [0.05, 0.1) is 0 Å². The molecule has 0 N–H and O–H groups in total. The largest absolute Gasteiger partial charge is 0.303 e. The van der Waals surface area contributed by atoms with E-state index in [0.717, 1.165) is 5.92 Å². The van der Waals surface area contributed by atoms with Crippen LogP contribution in [0.4, 0.5) is 0 Å². The van der Waals surface area contributed by atoms with E-state index in [-0.39, 0.29) is 0 Å². The molecule has 2 fully saturated rings. The van der Waals surface area contributed by atoms with Crippen LogP contribution >= 0.6 is 0 Å². The molecular formula is C14H16O. The summed E-state index contributed by atoms with van der Waals surface area (Å²) in [6.07, 6.45) is 5.09. The van der Waals surface area contributed by atoms with Gasteiger partial charge in [-0.05, 0) is 42.6 Å². The highest BCUT2D eigenvalue weighted by Gasteiger charge is 2.47. The Kier molecular flexibility index (Phi) is 2.12. The number of hydrogen-bond donors (Lipinski definition) is 0. The average Bonchev–Trinajstić information content (AvgIpc) is 2.89. The zero-order valence-electron chi connectivity index (χ0n) is 8.80. The molecule has 1 heteroatoms. The maximum atomic E-state index is 11.2. The van der Waals surface area contributed by atoms with Crippen molar-refractivity contribution >= 4 is 6.29 Å². The summed E-state index contributed by atoms with van der Waals surface area (Å²) < 4.78 is 0. The third kappa shape index (κ3) is 1.33. The molecule has 1 aromatic carbocycles. The maximum absolute atomic E-state index is 11.2. The Balaban J connectivity index is 1.95. The van der Waals surface area contributed by atoms with E-state index in [1.165, 1.54) is 31.1 Å². The third-order valence-electron chi connectivity index (χ3n) is 4.32. The Morgan fingerprint density at radius 1 is 1.07 bits per heavy atom. The molecule has 0 aromatic heterocycles. The summed E-state index contributed by atoms with van der Waals surface area (Å²) in [6.45, 7) is 0. The second-order valence-electron chi connectivity index (χ2n) is 4.98. The average molecular weight is 200 g/mol. The monoisotopic (exact) mass is 200 g/mol. The van der Waals surface area contributed by atoms with Crippen LogP contribution in [0, 0.1) is 17.8 Å². The SMILES string of the molecule is O=C[C@@H]1[C@@H]2CC[C@@H](C2)[C@H]1c1ccccc1. The molecule has 0 saturated heterocycles. The number of fused-ring (bicyclic) bond motifs is 2. The molecular weight excluding hydrogens is 184 g/mol. The molecule has 0 radical (unpaired) electrons. The zero-order chi connectivity index (χ0) is 10.3. The molecule has 2 aliphatic carbocycles. The quantitative estimate of drug-likeness (QED) is 0.671. The van der Waals surface area contributed by atoms with Gasteiger partial charge in [-0.25, -0.2) is 0 Å². The Bertz CT molecular complexity index is 357. The fourth-order valence-electron chi connectivity index (χ4n) is 3.70. The van der Waals surface area contributed by atoms with Gasteiger partial charge >= 0.3 is 0 Å². The van der Waals surface area contributed by atoms with Crippen molar-refractivity contribution in [3.63, 3.8) is 0 Å². The Labute approximate surface area is 90.5 Å². The van der Waals surface area contributed by atoms with Crippen molar-refractivity contribution in [1.82, 2.24) is 0 Å². The molecule has 1 aromatic rings. The molecule has 2 saturated carbocycles. The zero-order valence-corrected chi connectivity index (χ0v) is 8.80. The second kappa shape index (κ2) is 3.48. The summed E-state index contributed by atoms with van der Waals surface area (Å²) in [4.78, 5) is 11.2. The lowest BCUT2D eigenvalue weighted by Crippen LogP contribution is -2.21. The molecule has 2 bridgehead atoms. The van der Waals surface area contributed by atoms with Gasteiger partial charge in [0.15, 0.2) is 0 Å². The predicted molar refractivity (Wildman–Crippen MR) is 59.6 cm³/mol. The van der Waals surface area contributed by atoms with Crippen LogP contribution in [0.25, 0.3) is 0 Å². The van der Waals surface area contributed by atoms with Crippen LogP contribution in [-0.4, -0.2) is 6.29 Å². The van der Waals surface area contributed by atoms with Crippen molar-refractivity contribution in [2.24, 2.45) is 17.8 Å². The van der Waals surface area contributed by atoms with E-state index < -0.39 is 0 Å². The Morgan fingerprint density at radius 3 is 2.53 bits per heavy atom. The van der Waals surface area contributed by atoms with E-state index >= 15 is 0 Å². The highest BCUT2D eigenvalue weighted by Crippen LogP contribution is 2.55.